The van der Waals surface area contributed by atoms with Gasteiger partial charge in [0.2, 0.25) is 0 Å². The number of piperidine rings is 1. The van der Waals surface area contributed by atoms with Gasteiger partial charge in [-0.15, -0.1) is 5.06 Å². The molecule has 0 spiro atoms. The molecule has 2 aromatic carbocycles. The van der Waals surface area contributed by atoms with Crippen LogP contribution in [0.1, 0.15) is 49.7 Å². The van der Waals surface area contributed by atoms with Crippen LogP contribution in [-0.2, 0) is 11.3 Å². The summed E-state index contributed by atoms with van der Waals surface area (Å²) in [5, 5.41) is 2.78. The van der Waals surface area contributed by atoms with Crippen LogP contribution in [0.15, 0.2) is 42.5 Å². The highest BCUT2D eigenvalue weighted by Crippen LogP contribution is 2.62. The van der Waals surface area contributed by atoms with E-state index >= 15 is 0 Å². The SMILES string of the molecule is COc1ccc(N2C(=O)ON3[C@@H](CBr)C[C@H]4[C@@H]5CCc6cc(OC)ccc6[C@H]5CC[C@]4(C)[C@H]23)cc1. The first-order valence-electron chi connectivity index (χ1n) is 12.6. The normalized spacial score (nSPS) is 33.8. The lowest BCUT2D eigenvalue weighted by Crippen LogP contribution is -2.64. The number of benzene rings is 2. The third-order valence-electron chi connectivity index (χ3n) is 9.24. The van der Waals surface area contributed by atoms with Crippen molar-refractivity contribution in [2.45, 2.75) is 57.2 Å². The second-order valence-electron chi connectivity index (χ2n) is 10.7. The van der Waals surface area contributed by atoms with Crippen LogP contribution in [0.3, 0.4) is 0 Å². The number of methoxy groups -OCH3 is 2. The number of hydrogen-bond acceptors (Lipinski definition) is 5. The summed E-state index contributed by atoms with van der Waals surface area (Å²) in [4.78, 5) is 21.1. The van der Waals surface area contributed by atoms with E-state index in [4.69, 9.17) is 14.3 Å². The lowest BCUT2D eigenvalue weighted by molar-refractivity contribution is -0.205. The molecular formula is C28H33BrN2O4. The van der Waals surface area contributed by atoms with Crippen molar-refractivity contribution in [3.05, 3.63) is 53.6 Å². The zero-order chi connectivity index (χ0) is 24.3. The Balaban J connectivity index is 1.38. The number of anilines is 1. The fraction of sp³-hybridized carbons (Fsp3) is 0.536. The number of carbonyl (C=O) groups is 1. The summed E-state index contributed by atoms with van der Waals surface area (Å²) < 4.78 is 10.9. The first-order valence-corrected chi connectivity index (χ1v) is 13.8. The van der Waals surface area contributed by atoms with Crippen molar-refractivity contribution in [1.29, 1.82) is 0 Å². The molecule has 4 aliphatic rings. The van der Waals surface area contributed by atoms with Crippen molar-refractivity contribution < 1.29 is 19.1 Å². The molecule has 2 aliphatic heterocycles. The highest BCUT2D eigenvalue weighted by Gasteiger charge is 2.63. The molecule has 0 radical (unpaired) electrons. The van der Waals surface area contributed by atoms with Crippen molar-refractivity contribution in [1.82, 2.24) is 5.06 Å². The number of hydroxylamine groups is 2. The Morgan fingerprint density at radius 2 is 1.83 bits per heavy atom. The van der Waals surface area contributed by atoms with Crippen LogP contribution in [0, 0.1) is 17.3 Å². The van der Waals surface area contributed by atoms with E-state index in [1.54, 1.807) is 14.2 Å². The van der Waals surface area contributed by atoms with Crippen LogP contribution in [0.4, 0.5) is 10.5 Å². The number of rotatable bonds is 4. The molecule has 2 heterocycles. The maximum atomic E-state index is 13.3. The van der Waals surface area contributed by atoms with Gasteiger partial charge in [0.1, 0.15) is 17.7 Å². The zero-order valence-electron chi connectivity index (χ0n) is 20.6. The molecule has 2 aliphatic carbocycles. The highest BCUT2D eigenvalue weighted by atomic mass is 79.9. The Kier molecular flexibility index (Phi) is 5.76. The number of hydrogen-bond donors (Lipinski definition) is 0. The standard InChI is InChI=1S/C28H33BrN2O4/c1-28-13-12-23-22-11-9-21(34-3)14-17(22)4-10-24(23)25(28)15-19(16-29)31-26(28)30(27(32)35-31)18-5-7-20(33-2)8-6-18/h5-9,11,14,19,23-26H,4,10,12-13,15-16H2,1-3H3/t19-,23-,24-,25+,26-,28+/m1/s1. The van der Waals surface area contributed by atoms with Gasteiger partial charge in [0.15, 0.2) is 0 Å². The van der Waals surface area contributed by atoms with E-state index in [0.29, 0.717) is 17.8 Å². The van der Waals surface area contributed by atoms with Crippen LogP contribution >= 0.6 is 15.9 Å². The number of nitrogens with zero attached hydrogens (tertiary/aromatic N) is 2. The van der Waals surface area contributed by atoms with Gasteiger partial charge < -0.3 is 14.3 Å². The largest absolute Gasteiger partial charge is 0.497 e. The lowest BCUT2D eigenvalue weighted by Gasteiger charge is -2.59. The Morgan fingerprint density at radius 3 is 2.54 bits per heavy atom. The molecule has 2 aromatic rings. The van der Waals surface area contributed by atoms with Gasteiger partial charge in [0.25, 0.3) is 0 Å². The molecule has 2 saturated heterocycles. The third kappa shape index (κ3) is 3.49. The molecule has 0 unspecified atom stereocenters. The number of amides is 1. The first-order chi connectivity index (χ1) is 17.0. The fourth-order valence-corrected chi connectivity index (χ4v) is 8.12. The molecule has 7 heteroatoms. The predicted molar refractivity (Wildman–Crippen MR) is 138 cm³/mol. The number of fused-ring (bicyclic) bond motifs is 7. The van der Waals surface area contributed by atoms with Gasteiger partial charge in [-0.25, -0.2) is 4.79 Å². The number of carbonyl (C=O) groups excluding carboxylic acids is 1. The molecule has 1 saturated carbocycles. The lowest BCUT2D eigenvalue weighted by atomic mass is 9.51. The van der Waals surface area contributed by atoms with E-state index in [0.717, 1.165) is 48.2 Å². The fourth-order valence-electron chi connectivity index (χ4n) is 7.57. The second kappa shape index (κ2) is 8.70. The average Bonchev–Trinajstić information content (AvgIpc) is 3.25. The van der Waals surface area contributed by atoms with Crippen LogP contribution in [-0.4, -0.2) is 42.9 Å². The molecule has 0 aromatic heterocycles. The summed E-state index contributed by atoms with van der Waals surface area (Å²) in [6, 6.07) is 14.6. The van der Waals surface area contributed by atoms with Gasteiger partial charge in [0, 0.05) is 16.4 Å². The Bertz CT molecular complexity index is 1120. The minimum Gasteiger partial charge on any atom is -0.497 e. The quantitative estimate of drug-likeness (QED) is 0.436. The summed E-state index contributed by atoms with van der Waals surface area (Å²) in [5.74, 6) is 3.41. The Hall–Kier alpha value is -2.25. The Labute approximate surface area is 215 Å². The third-order valence-corrected chi connectivity index (χ3v) is 9.99. The van der Waals surface area contributed by atoms with Crippen LogP contribution < -0.4 is 14.4 Å². The van der Waals surface area contributed by atoms with Gasteiger partial charge in [-0.1, -0.05) is 28.9 Å². The van der Waals surface area contributed by atoms with Crippen molar-refractivity contribution in [2.24, 2.45) is 17.3 Å². The van der Waals surface area contributed by atoms with E-state index in [1.165, 1.54) is 17.5 Å². The molecule has 35 heavy (non-hydrogen) atoms. The molecule has 3 fully saturated rings. The van der Waals surface area contributed by atoms with Gasteiger partial charge in [-0.05, 0) is 97.4 Å². The minimum absolute atomic E-state index is 0.0596. The number of aryl methyl sites for hydroxylation is 1. The molecule has 0 N–H and O–H groups in total. The molecule has 6 nitrogen and oxygen atoms in total. The second-order valence-corrected chi connectivity index (χ2v) is 11.4. The molecule has 6 atom stereocenters. The van der Waals surface area contributed by atoms with Crippen LogP contribution in [0.5, 0.6) is 11.5 Å². The average molecular weight is 541 g/mol. The minimum atomic E-state index is -0.281. The molecule has 186 valence electrons. The Morgan fingerprint density at radius 1 is 1.09 bits per heavy atom. The zero-order valence-corrected chi connectivity index (χ0v) is 22.2. The maximum Gasteiger partial charge on any atom is 0.435 e. The number of alkyl halides is 1. The van der Waals surface area contributed by atoms with Crippen molar-refractivity contribution >= 4 is 27.7 Å². The predicted octanol–water partition coefficient (Wildman–Crippen LogP) is 6.13. The monoisotopic (exact) mass is 540 g/mol. The summed E-state index contributed by atoms with van der Waals surface area (Å²) in [7, 11) is 3.40. The van der Waals surface area contributed by atoms with Gasteiger partial charge in [0.05, 0.1) is 20.3 Å². The maximum absolute atomic E-state index is 13.3. The van der Waals surface area contributed by atoms with Crippen LogP contribution in [0.25, 0.3) is 0 Å². The summed E-state index contributed by atoms with van der Waals surface area (Å²) in [6.45, 7) is 2.40. The molecule has 1 amide bonds. The summed E-state index contributed by atoms with van der Waals surface area (Å²) in [5.41, 5.74) is 3.76. The van der Waals surface area contributed by atoms with E-state index < -0.39 is 0 Å². The number of ether oxygens (including phenoxy) is 2. The smallest absolute Gasteiger partial charge is 0.435 e. The molecule has 6 rings (SSSR count). The van der Waals surface area contributed by atoms with E-state index in [2.05, 4.69) is 41.1 Å². The molecule has 0 bridgehead atoms. The topological polar surface area (TPSA) is 51.2 Å². The first kappa shape index (κ1) is 23.2. The van der Waals surface area contributed by atoms with Gasteiger partial charge >= 0.3 is 6.09 Å². The molecular weight excluding hydrogens is 508 g/mol. The van der Waals surface area contributed by atoms with Crippen molar-refractivity contribution in [3.63, 3.8) is 0 Å². The van der Waals surface area contributed by atoms with E-state index in [1.807, 2.05) is 34.2 Å². The van der Waals surface area contributed by atoms with E-state index in [9.17, 15) is 4.79 Å². The summed E-state index contributed by atoms with van der Waals surface area (Å²) in [6.07, 6.45) is 5.10. The number of halogens is 1. The van der Waals surface area contributed by atoms with Crippen molar-refractivity contribution in [2.75, 3.05) is 24.4 Å². The summed E-state index contributed by atoms with van der Waals surface area (Å²) >= 11 is 3.74. The van der Waals surface area contributed by atoms with E-state index in [-0.39, 0.29) is 23.7 Å². The van der Waals surface area contributed by atoms with Crippen LogP contribution in [0.2, 0.25) is 0 Å². The van der Waals surface area contributed by atoms with Gasteiger partial charge in [-0.2, -0.15) is 0 Å². The van der Waals surface area contributed by atoms with Gasteiger partial charge in [-0.3, -0.25) is 4.90 Å². The highest BCUT2D eigenvalue weighted by molar-refractivity contribution is 9.09. The van der Waals surface area contributed by atoms with Crippen molar-refractivity contribution in [3.8, 4) is 11.5 Å².